The first kappa shape index (κ1) is 12.7. The third-order valence-electron chi connectivity index (χ3n) is 2.97. The lowest BCUT2D eigenvalue weighted by Gasteiger charge is -2.17. The van der Waals surface area contributed by atoms with E-state index in [0.29, 0.717) is 0 Å². The number of hydrogen-bond acceptors (Lipinski definition) is 7. The Morgan fingerprint density at radius 2 is 2.11 bits per heavy atom. The second kappa shape index (κ2) is 4.65. The molecule has 3 rings (SSSR count). The van der Waals surface area contributed by atoms with Crippen molar-refractivity contribution in [2.75, 3.05) is 6.61 Å². The molecule has 0 bridgehead atoms. The van der Waals surface area contributed by atoms with E-state index in [2.05, 4.69) is 4.98 Å². The number of aliphatic hydroxyl groups excluding tert-OH is 1. The molecule has 1 aromatic heterocycles. The molecule has 0 saturated carbocycles. The summed E-state index contributed by atoms with van der Waals surface area (Å²) < 4.78 is 27.8. The number of aromatic amines is 1. The minimum Gasteiger partial charge on any atom is -0.394 e. The number of nitrogens with one attached hydrogen (secondary N) is 1. The first-order valence-corrected chi connectivity index (χ1v) is 6.44. The van der Waals surface area contributed by atoms with Crippen LogP contribution in [0.4, 0.5) is 0 Å². The van der Waals surface area contributed by atoms with Crippen molar-refractivity contribution in [3.8, 4) is 0 Å². The first-order valence-electron chi connectivity index (χ1n) is 5.44. The van der Waals surface area contributed by atoms with E-state index in [1.165, 1.54) is 6.20 Å². The molecule has 2 aliphatic rings. The van der Waals surface area contributed by atoms with E-state index in [1.54, 1.807) is 0 Å². The molecule has 5 atom stereocenters. The third-order valence-corrected chi connectivity index (χ3v) is 3.73. The van der Waals surface area contributed by atoms with Crippen molar-refractivity contribution in [1.29, 1.82) is 0 Å². The van der Waals surface area contributed by atoms with E-state index < -0.39 is 47.2 Å². The minimum atomic E-state index is -1.94. The lowest BCUT2D eigenvalue weighted by molar-refractivity contribution is -0.0562. The van der Waals surface area contributed by atoms with E-state index in [1.807, 2.05) is 0 Å². The molecule has 2 saturated heterocycles. The van der Waals surface area contributed by atoms with Crippen LogP contribution in [0.25, 0.3) is 0 Å². The van der Waals surface area contributed by atoms with E-state index >= 15 is 0 Å². The molecular weight excluding hydrogens is 280 g/mol. The SMILES string of the molecule is O=c1ccn([C@@H]2O[C@H](CO)C3OS(=O)O[C@@H]32)c(=O)[nH]1. The van der Waals surface area contributed by atoms with Crippen LogP contribution in [-0.2, 0) is 24.5 Å². The summed E-state index contributed by atoms with van der Waals surface area (Å²) in [5.74, 6) is 0. The summed E-state index contributed by atoms with van der Waals surface area (Å²) in [5, 5.41) is 9.17. The van der Waals surface area contributed by atoms with E-state index in [4.69, 9.17) is 13.1 Å². The largest absolute Gasteiger partial charge is 0.394 e. The zero-order valence-corrected chi connectivity index (χ0v) is 10.2. The van der Waals surface area contributed by atoms with Gasteiger partial charge in [0.2, 0.25) is 0 Å². The fourth-order valence-corrected chi connectivity index (χ4v) is 2.98. The minimum absolute atomic E-state index is 0.365. The van der Waals surface area contributed by atoms with Gasteiger partial charge in [-0.2, -0.15) is 4.21 Å². The van der Waals surface area contributed by atoms with Gasteiger partial charge in [-0.05, 0) is 0 Å². The molecule has 3 heterocycles. The Morgan fingerprint density at radius 3 is 2.79 bits per heavy atom. The molecule has 1 aromatic rings. The molecule has 2 aliphatic heterocycles. The summed E-state index contributed by atoms with van der Waals surface area (Å²) in [4.78, 5) is 24.8. The monoisotopic (exact) mass is 290 g/mol. The Kier molecular flexibility index (Phi) is 3.11. The Labute approximate surface area is 108 Å². The van der Waals surface area contributed by atoms with Gasteiger partial charge in [0.05, 0.1) is 6.61 Å². The van der Waals surface area contributed by atoms with Crippen molar-refractivity contribution < 1.29 is 22.4 Å². The molecule has 2 N–H and O–H groups in total. The maximum absolute atomic E-state index is 11.7. The smallest absolute Gasteiger partial charge is 0.330 e. The molecule has 19 heavy (non-hydrogen) atoms. The number of rotatable bonds is 2. The fraction of sp³-hybridized carbons (Fsp3) is 0.556. The van der Waals surface area contributed by atoms with Gasteiger partial charge < -0.3 is 9.84 Å². The molecule has 2 unspecified atom stereocenters. The van der Waals surface area contributed by atoms with Gasteiger partial charge in [0.15, 0.2) is 12.3 Å². The number of nitrogens with zero attached hydrogens (tertiary/aromatic N) is 1. The van der Waals surface area contributed by atoms with Crippen LogP contribution >= 0.6 is 0 Å². The molecule has 2 fully saturated rings. The van der Waals surface area contributed by atoms with Crippen molar-refractivity contribution in [3.05, 3.63) is 33.1 Å². The predicted octanol–water partition coefficient (Wildman–Crippen LogP) is -2.21. The summed E-state index contributed by atoms with van der Waals surface area (Å²) in [6.45, 7) is -0.365. The zero-order chi connectivity index (χ0) is 13.6. The molecule has 0 aromatic carbocycles. The molecule has 0 amide bonds. The van der Waals surface area contributed by atoms with Crippen molar-refractivity contribution in [2.24, 2.45) is 0 Å². The Balaban J connectivity index is 1.99. The van der Waals surface area contributed by atoms with Gasteiger partial charge in [0.25, 0.3) is 5.56 Å². The summed E-state index contributed by atoms with van der Waals surface area (Å²) in [6.07, 6.45) is -1.94. The number of aliphatic hydroxyl groups is 1. The maximum Gasteiger partial charge on any atom is 0.330 e. The highest BCUT2D eigenvalue weighted by Crippen LogP contribution is 2.37. The van der Waals surface area contributed by atoms with Gasteiger partial charge in [-0.15, -0.1) is 0 Å². The summed E-state index contributed by atoms with van der Waals surface area (Å²) in [6, 6.07) is 1.15. The van der Waals surface area contributed by atoms with Crippen LogP contribution in [-0.4, -0.2) is 43.8 Å². The average molecular weight is 290 g/mol. The summed E-state index contributed by atoms with van der Waals surface area (Å²) >= 11 is -1.94. The van der Waals surface area contributed by atoms with Gasteiger partial charge in [0, 0.05) is 12.3 Å². The van der Waals surface area contributed by atoms with Crippen molar-refractivity contribution in [1.82, 2.24) is 9.55 Å². The summed E-state index contributed by atoms with van der Waals surface area (Å²) in [7, 11) is 0. The molecule has 10 heteroatoms. The predicted molar refractivity (Wildman–Crippen MR) is 60.2 cm³/mol. The van der Waals surface area contributed by atoms with Crippen LogP contribution in [0, 0.1) is 0 Å². The van der Waals surface area contributed by atoms with Crippen LogP contribution in [0.3, 0.4) is 0 Å². The van der Waals surface area contributed by atoms with E-state index in [-0.39, 0.29) is 6.61 Å². The highest BCUT2D eigenvalue weighted by atomic mass is 32.2. The third kappa shape index (κ3) is 2.07. The lowest BCUT2D eigenvalue weighted by Crippen LogP contribution is -2.36. The van der Waals surface area contributed by atoms with Crippen molar-refractivity contribution >= 4 is 11.4 Å². The van der Waals surface area contributed by atoms with Crippen LogP contribution < -0.4 is 11.2 Å². The van der Waals surface area contributed by atoms with Crippen molar-refractivity contribution in [3.63, 3.8) is 0 Å². The quantitative estimate of drug-likeness (QED) is 0.633. The standard InChI is InChI=1S/C9H10N2O7S/c12-3-4-6-7(18-19(15)17-6)8(16-4)11-2-1-5(13)10-9(11)14/h1-2,4,6-8,12H,3H2,(H,10,13,14)/t4-,6?,7+,8-,19?/m1/s1. The highest BCUT2D eigenvalue weighted by Gasteiger charge is 2.53. The van der Waals surface area contributed by atoms with Gasteiger partial charge in [0.1, 0.15) is 12.2 Å². The highest BCUT2D eigenvalue weighted by molar-refractivity contribution is 7.75. The molecule has 0 aliphatic carbocycles. The maximum atomic E-state index is 11.7. The molecule has 104 valence electrons. The van der Waals surface area contributed by atoms with Crippen LogP contribution in [0.1, 0.15) is 6.23 Å². The number of hydrogen-bond donors (Lipinski definition) is 2. The number of fused-ring (bicyclic) bond motifs is 1. The second-order valence-electron chi connectivity index (χ2n) is 4.09. The zero-order valence-electron chi connectivity index (χ0n) is 9.42. The van der Waals surface area contributed by atoms with Gasteiger partial charge in [-0.1, -0.05) is 0 Å². The van der Waals surface area contributed by atoms with Crippen molar-refractivity contribution in [2.45, 2.75) is 24.5 Å². The first-order chi connectivity index (χ1) is 9.10. The molecule has 0 spiro atoms. The lowest BCUT2D eigenvalue weighted by atomic mass is 10.1. The van der Waals surface area contributed by atoms with Gasteiger partial charge in [-0.3, -0.25) is 22.7 Å². The van der Waals surface area contributed by atoms with Crippen LogP contribution in [0.2, 0.25) is 0 Å². The molecular formula is C9H10N2O7S. The Hall–Kier alpha value is -1.33. The summed E-state index contributed by atoms with van der Waals surface area (Å²) in [5.41, 5.74) is -1.22. The van der Waals surface area contributed by atoms with Gasteiger partial charge in [-0.25, -0.2) is 4.79 Å². The number of ether oxygens (including phenoxy) is 1. The molecule has 0 radical (unpaired) electrons. The van der Waals surface area contributed by atoms with Crippen LogP contribution in [0.5, 0.6) is 0 Å². The van der Waals surface area contributed by atoms with E-state index in [0.717, 1.165) is 10.6 Å². The van der Waals surface area contributed by atoms with Gasteiger partial charge >= 0.3 is 17.1 Å². The average Bonchev–Trinajstić information content (AvgIpc) is 2.87. The second-order valence-corrected chi connectivity index (χ2v) is 4.88. The Morgan fingerprint density at radius 1 is 1.37 bits per heavy atom. The fourth-order valence-electron chi connectivity index (χ4n) is 2.13. The number of H-pyrrole nitrogens is 1. The molecule has 9 nitrogen and oxygen atoms in total. The topological polar surface area (TPSA) is 120 Å². The van der Waals surface area contributed by atoms with E-state index in [9.17, 15) is 18.9 Å². The van der Waals surface area contributed by atoms with Crippen LogP contribution in [0.15, 0.2) is 21.9 Å². The number of aromatic nitrogens is 2. The Bertz CT molecular complexity index is 625. The normalized spacial score (nSPS) is 37.4.